The van der Waals surface area contributed by atoms with Gasteiger partial charge in [-0.25, -0.2) is 23.1 Å². The lowest BCUT2D eigenvalue weighted by Gasteiger charge is -2.04. The molecule has 0 atom stereocenters. The maximum atomic E-state index is 12.3. The van der Waals surface area contributed by atoms with Crippen LogP contribution in [0.15, 0.2) is 32.3 Å². The predicted molar refractivity (Wildman–Crippen MR) is 76.4 cm³/mol. The van der Waals surface area contributed by atoms with Crippen LogP contribution in [-0.4, -0.2) is 23.5 Å². The van der Waals surface area contributed by atoms with Gasteiger partial charge in [-0.05, 0) is 19.4 Å². The lowest BCUT2D eigenvalue weighted by molar-refractivity contribution is 0.439. The summed E-state index contributed by atoms with van der Waals surface area (Å²) in [5.41, 5.74) is 0.988. The van der Waals surface area contributed by atoms with E-state index in [4.69, 9.17) is 8.94 Å². The fourth-order valence-electron chi connectivity index (χ4n) is 1.99. The highest BCUT2D eigenvalue weighted by molar-refractivity contribution is 7.89. The molecule has 3 rings (SSSR count). The first-order valence-corrected chi connectivity index (χ1v) is 8.13. The number of pyridine rings is 1. The lowest BCUT2D eigenvalue weighted by Crippen LogP contribution is -2.23. The summed E-state index contributed by atoms with van der Waals surface area (Å²) in [5, 5.41) is 4.45. The first kappa shape index (κ1) is 14.7. The first-order chi connectivity index (χ1) is 10.5. The Morgan fingerprint density at radius 1 is 1.27 bits per heavy atom. The van der Waals surface area contributed by atoms with E-state index in [1.54, 1.807) is 6.92 Å². The zero-order valence-electron chi connectivity index (χ0n) is 12.0. The van der Waals surface area contributed by atoms with Crippen LogP contribution in [0.4, 0.5) is 0 Å². The number of aryl methyl sites for hydroxylation is 2. The number of fused-ring (bicyclic) bond motifs is 1. The topological polar surface area (TPSA) is 111 Å². The average Bonchev–Trinajstić information content (AvgIpc) is 3.10. The molecule has 0 fully saturated rings. The molecule has 0 aliphatic heterocycles. The maximum Gasteiger partial charge on any atom is 0.258 e. The van der Waals surface area contributed by atoms with Crippen LogP contribution in [0.3, 0.4) is 0 Å². The van der Waals surface area contributed by atoms with Crippen LogP contribution >= 0.6 is 0 Å². The van der Waals surface area contributed by atoms with E-state index in [0.29, 0.717) is 34.9 Å². The van der Waals surface area contributed by atoms with Gasteiger partial charge in [-0.2, -0.15) is 0 Å². The van der Waals surface area contributed by atoms with Gasteiger partial charge in [0.25, 0.3) is 5.71 Å². The molecule has 3 heterocycles. The molecule has 0 amide bonds. The lowest BCUT2D eigenvalue weighted by atomic mass is 10.2. The molecule has 3 aromatic rings. The monoisotopic (exact) mass is 322 g/mol. The van der Waals surface area contributed by atoms with Crippen LogP contribution in [-0.2, 0) is 23.0 Å². The molecule has 1 N–H and O–H groups in total. The molecule has 0 radical (unpaired) electrons. The SMILES string of the molecule is CCc1noc2ncc(S(=O)(=O)NCc3ncc(C)o3)cc12. The first-order valence-electron chi connectivity index (χ1n) is 6.65. The fourth-order valence-corrected chi connectivity index (χ4v) is 2.93. The number of hydrogen-bond acceptors (Lipinski definition) is 7. The van der Waals surface area contributed by atoms with E-state index in [0.717, 1.165) is 0 Å². The van der Waals surface area contributed by atoms with Crippen molar-refractivity contribution in [1.82, 2.24) is 19.8 Å². The zero-order valence-corrected chi connectivity index (χ0v) is 12.8. The van der Waals surface area contributed by atoms with Gasteiger partial charge < -0.3 is 8.94 Å². The van der Waals surface area contributed by atoms with Crippen molar-refractivity contribution in [1.29, 1.82) is 0 Å². The Labute approximate surface area is 126 Å². The summed E-state index contributed by atoms with van der Waals surface area (Å²) in [4.78, 5) is 7.98. The van der Waals surface area contributed by atoms with Gasteiger partial charge in [0.15, 0.2) is 0 Å². The highest BCUT2D eigenvalue weighted by Crippen LogP contribution is 2.20. The van der Waals surface area contributed by atoms with Crippen LogP contribution in [0.2, 0.25) is 0 Å². The summed E-state index contributed by atoms with van der Waals surface area (Å²) in [6.45, 7) is 3.61. The van der Waals surface area contributed by atoms with Crippen molar-refractivity contribution >= 4 is 21.1 Å². The summed E-state index contributed by atoms with van der Waals surface area (Å²) in [6, 6.07) is 1.50. The van der Waals surface area contributed by atoms with Crippen LogP contribution < -0.4 is 4.72 Å². The standard InChI is InChI=1S/C13H14N4O4S/c1-3-11-10-4-9(6-15-13(10)21-17-11)22(18,19)16-7-12-14-5-8(2)20-12/h4-6,16H,3,7H2,1-2H3. The van der Waals surface area contributed by atoms with Gasteiger partial charge in [0.05, 0.1) is 30.0 Å². The Bertz CT molecular complexity index is 913. The zero-order chi connectivity index (χ0) is 15.7. The second kappa shape index (κ2) is 5.50. The third-order valence-corrected chi connectivity index (χ3v) is 4.48. The molecule has 3 aromatic heterocycles. The van der Waals surface area contributed by atoms with E-state index >= 15 is 0 Å². The van der Waals surface area contributed by atoms with Crippen molar-refractivity contribution in [2.24, 2.45) is 0 Å². The second-order valence-corrected chi connectivity index (χ2v) is 6.46. The van der Waals surface area contributed by atoms with Crippen molar-refractivity contribution in [3.63, 3.8) is 0 Å². The Morgan fingerprint density at radius 2 is 2.09 bits per heavy atom. The van der Waals surface area contributed by atoms with Gasteiger partial charge in [0, 0.05) is 0 Å². The molecule has 0 aromatic carbocycles. The largest absolute Gasteiger partial charge is 0.445 e. The molecule has 9 heteroatoms. The Morgan fingerprint density at radius 3 is 2.77 bits per heavy atom. The molecule has 0 aliphatic carbocycles. The van der Waals surface area contributed by atoms with Crippen LogP contribution in [0.5, 0.6) is 0 Å². The minimum atomic E-state index is -3.73. The highest BCUT2D eigenvalue weighted by atomic mass is 32.2. The minimum Gasteiger partial charge on any atom is -0.445 e. The molecule has 0 spiro atoms. The number of aromatic nitrogens is 3. The number of nitrogens with one attached hydrogen (secondary N) is 1. The summed E-state index contributed by atoms with van der Waals surface area (Å²) < 4.78 is 37.3. The van der Waals surface area contributed by atoms with Crippen molar-refractivity contribution in [3.8, 4) is 0 Å². The summed E-state index contributed by atoms with van der Waals surface area (Å²) >= 11 is 0. The van der Waals surface area contributed by atoms with Gasteiger partial charge >= 0.3 is 0 Å². The Kier molecular flexibility index (Phi) is 3.67. The van der Waals surface area contributed by atoms with Crippen molar-refractivity contribution in [3.05, 3.63) is 35.8 Å². The van der Waals surface area contributed by atoms with Crippen LogP contribution in [0.1, 0.15) is 24.3 Å². The van der Waals surface area contributed by atoms with E-state index < -0.39 is 10.0 Å². The van der Waals surface area contributed by atoms with E-state index in [9.17, 15) is 8.42 Å². The summed E-state index contributed by atoms with van der Waals surface area (Å²) in [7, 11) is -3.73. The normalized spacial score (nSPS) is 12.1. The predicted octanol–water partition coefficient (Wildman–Crippen LogP) is 1.56. The third-order valence-electron chi connectivity index (χ3n) is 3.11. The van der Waals surface area contributed by atoms with E-state index in [-0.39, 0.29) is 11.4 Å². The summed E-state index contributed by atoms with van der Waals surface area (Å²) in [5.74, 6) is 0.920. The molecule has 0 bridgehead atoms. The number of nitrogens with zero attached hydrogens (tertiary/aromatic N) is 3. The minimum absolute atomic E-state index is 0.0293. The van der Waals surface area contributed by atoms with Crippen molar-refractivity contribution in [2.75, 3.05) is 0 Å². The van der Waals surface area contributed by atoms with Gasteiger partial charge in [0.2, 0.25) is 15.9 Å². The smallest absolute Gasteiger partial charge is 0.258 e. The van der Waals surface area contributed by atoms with Gasteiger partial charge in [-0.1, -0.05) is 12.1 Å². The highest BCUT2D eigenvalue weighted by Gasteiger charge is 2.18. The van der Waals surface area contributed by atoms with Gasteiger partial charge in [-0.3, -0.25) is 0 Å². The van der Waals surface area contributed by atoms with E-state index in [2.05, 4.69) is 19.8 Å². The van der Waals surface area contributed by atoms with Gasteiger partial charge in [0.1, 0.15) is 10.7 Å². The third kappa shape index (κ3) is 2.72. The Hall–Kier alpha value is -2.26. The molecule has 22 heavy (non-hydrogen) atoms. The maximum absolute atomic E-state index is 12.3. The number of sulfonamides is 1. The molecular formula is C13H14N4O4S. The van der Waals surface area contributed by atoms with E-state index in [1.165, 1.54) is 18.5 Å². The van der Waals surface area contributed by atoms with Crippen LogP contribution in [0, 0.1) is 6.92 Å². The Balaban J connectivity index is 1.87. The van der Waals surface area contributed by atoms with Crippen molar-refractivity contribution < 1.29 is 17.4 Å². The van der Waals surface area contributed by atoms with Crippen LogP contribution in [0.25, 0.3) is 11.1 Å². The molecule has 0 aliphatic rings. The quantitative estimate of drug-likeness (QED) is 0.758. The number of oxazole rings is 1. The molecule has 0 saturated carbocycles. The molecule has 116 valence electrons. The number of rotatable bonds is 5. The summed E-state index contributed by atoms with van der Waals surface area (Å²) in [6.07, 6.45) is 3.39. The molecule has 0 unspecified atom stereocenters. The molecule has 0 saturated heterocycles. The average molecular weight is 322 g/mol. The van der Waals surface area contributed by atoms with Crippen molar-refractivity contribution in [2.45, 2.75) is 31.7 Å². The van der Waals surface area contributed by atoms with Gasteiger partial charge in [-0.15, -0.1) is 0 Å². The molecular weight excluding hydrogens is 308 g/mol. The number of hydrogen-bond donors (Lipinski definition) is 1. The van der Waals surface area contributed by atoms with E-state index in [1.807, 2.05) is 6.92 Å². The molecule has 8 nitrogen and oxygen atoms in total. The second-order valence-electron chi connectivity index (χ2n) is 4.70. The fraction of sp³-hybridized carbons (Fsp3) is 0.308.